The molecule has 0 aliphatic heterocycles. The van der Waals surface area contributed by atoms with Gasteiger partial charge < -0.3 is 10.5 Å². The smallest absolute Gasteiger partial charge is 0.118 e. The molecule has 0 spiro atoms. The summed E-state index contributed by atoms with van der Waals surface area (Å²) in [5.74, 6) is 1.53. The van der Waals surface area contributed by atoms with Gasteiger partial charge in [-0.05, 0) is 36.6 Å². The summed E-state index contributed by atoms with van der Waals surface area (Å²) in [6, 6.07) is 8.76. The van der Waals surface area contributed by atoms with Gasteiger partial charge >= 0.3 is 0 Å². The molecule has 20 heavy (non-hydrogen) atoms. The SMILES string of the molecule is CCC(N)C(c1ccc(OC)cc1)N(CC)CC(C)C. The molecule has 0 amide bonds. The highest BCUT2D eigenvalue weighted by Gasteiger charge is 2.25. The Hall–Kier alpha value is -1.06. The quantitative estimate of drug-likeness (QED) is 0.791. The summed E-state index contributed by atoms with van der Waals surface area (Å²) in [4.78, 5) is 2.49. The minimum absolute atomic E-state index is 0.155. The van der Waals surface area contributed by atoms with Crippen LogP contribution in [0.5, 0.6) is 5.75 Å². The van der Waals surface area contributed by atoms with Crippen LogP contribution in [0.2, 0.25) is 0 Å². The maximum Gasteiger partial charge on any atom is 0.118 e. The lowest BCUT2D eigenvalue weighted by Gasteiger charge is -2.36. The van der Waals surface area contributed by atoms with Crippen molar-refractivity contribution < 1.29 is 4.74 Å². The second kappa shape index (κ2) is 8.28. The van der Waals surface area contributed by atoms with E-state index >= 15 is 0 Å². The minimum atomic E-state index is 0.155. The summed E-state index contributed by atoms with van der Waals surface area (Å²) >= 11 is 0. The number of nitrogens with two attached hydrogens (primary N) is 1. The van der Waals surface area contributed by atoms with Crippen LogP contribution >= 0.6 is 0 Å². The Morgan fingerprint density at radius 1 is 1.15 bits per heavy atom. The van der Waals surface area contributed by atoms with Crippen LogP contribution in [0.3, 0.4) is 0 Å². The predicted octanol–water partition coefficient (Wildman–Crippen LogP) is 3.45. The van der Waals surface area contributed by atoms with E-state index < -0.39 is 0 Å². The first-order chi connectivity index (χ1) is 9.53. The van der Waals surface area contributed by atoms with Crippen molar-refractivity contribution in [2.24, 2.45) is 11.7 Å². The molecule has 2 N–H and O–H groups in total. The van der Waals surface area contributed by atoms with Crippen LogP contribution in [-0.2, 0) is 0 Å². The summed E-state index contributed by atoms with van der Waals surface area (Å²) in [5, 5.41) is 0. The zero-order valence-corrected chi connectivity index (χ0v) is 13.6. The molecule has 1 rings (SSSR count). The van der Waals surface area contributed by atoms with Crippen molar-refractivity contribution in [3.05, 3.63) is 29.8 Å². The third kappa shape index (κ3) is 4.50. The van der Waals surface area contributed by atoms with Gasteiger partial charge in [0.2, 0.25) is 0 Å². The molecule has 0 radical (unpaired) electrons. The van der Waals surface area contributed by atoms with Gasteiger partial charge in [0.25, 0.3) is 0 Å². The third-order valence-corrected chi connectivity index (χ3v) is 3.73. The van der Waals surface area contributed by atoms with Crippen molar-refractivity contribution >= 4 is 0 Å². The molecule has 3 heteroatoms. The number of nitrogens with zero attached hydrogens (tertiary/aromatic N) is 1. The van der Waals surface area contributed by atoms with Crippen molar-refractivity contribution in [1.82, 2.24) is 4.90 Å². The molecule has 0 fully saturated rings. The predicted molar refractivity (Wildman–Crippen MR) is 86.1 cm³/mol. The van der Waals surface area contributed by atoms with Gasteiger partial charge in [0.15, 0.2) is 0 Å². The van der Waals surface area contributed by atoms with Gasteiger partial charge in [-0.25, -0.2) is 0 Å². The number of methoxy groups -OCH3 is 1. The highest BCUT2D eigenvalue weighted by atomic mass is 16.5. The number of ether oxygens (including phenoxy) is 1. The maximum atomic E-state index is 6.40. The number of hydrogen-bond donors (Lipinski definition) is 1. The highest BCUT2D eigenvalue weighted by molar-refractivity contribution is 5.30. The second-order valence-electron chi connectivity index (χ2n) is 5.77. The zero-order chi connectivity index (χ0) is 15.1. The Morgan fingerprint density at radius 3 is 2.15 bits per heavy atom. The first-order valence-electron chi connectivity index (χ1n) is 7.67. The summed E-state index contributed by atoms with van der Waals surface area (Å²) in [6.45, 7) is 11.0. The van der Waals surface area contributed by atoms with E-state index in [-0.39, 0.29) is 12.1 Å². The van der Waals surface area contributed by atoms with Gasteiger partial charge in [-0.2, -0.15) is 0 Å². The van der Waals surface area contributed by atoms with Crippen molar-refractivity contribution in [3.8, 4) is 5.75 Å². The summed E-state index contributed by atoms with van der Waals surface area (Å²) in [7, 11) is 1.70. The Bertz CT molecular complexity index is 375. The van der Waals surface area contributed by atoms with E-state index in [4.69, 9.17) is 10.5 Å². The number of hydrogen-bond acceptors (Lipinski definition) is 3. The Labute approximate surface area is 124 Å². The summed E-state index contributed by atoms with van der Waals surface area (Å²) < 4.78 is 5.24. The van der Waals surface area contributed by atoms with Crippen LogP contribution < -0.4 is 10.5 Å². The van der Waals surface area contributed by atoms with Crippen LogP contribution in [0.25, 0.3) is 0 Å². The molecule has 0 saturated carbocycles. The van der Waals surface area contributed by atoms with Crippen molar-refractivity contribution in [3.63, 3.8) is 0 Å². The van der Waals surface area contributed by atoms with Gasteiger partial charge in [-0.3, -0.25) is 4.90 Å². The molecular formula is C17H30N2O. The van der Waals surface area contributed by atoms with Crippen LogP contribution in [0, 0.1) is 5.92 Å². The maximum absolute atomic E-state index is 6.40. The first-order valence-corrected chi connectivity index (χ1v) is 7.67. The lowest BCUT2D eigenvalue weighted by Crippen LogP contribution is -2.42. The largest absolute Gasteiger partial charge is 0.497 e. The second-order valence-corrected chi connectivity index (χ2v) is 5.77. The molecule has 1 aromatic rings. The molecule has 114 valence electrons. The molecule has 0 bridgehead atoms. The van der Waals surface area contributed by atoms with E-state index in [0.717, 1.165) is 25.3 Å². The molecule has 3 nitrogen and oxygen atoms in total. The van der Waals surface area contributed by atoms with E-state index in [9.17, 15) is 0 Å². The molecule has 0 aliphatic rings. The van der Waals surface area contributed by atoms with Gasteiger partial charge in [0.1, 0.15) is 5.75 Å². The summed E-state index contributed by atoms with van der Waals surface area (Å²) in [6.07, 6.45) is 0.977. The number of benzene rings is 1. The molecule has 1 aromatic carbocycles. The fourth-order valence-electron chi connectivity index (χ4n) is 2.66. The third-order valence-electron chi connectivity index (χ3n) is 3.73. The molecule has 0 aliphatic carbocycles. The van der Waals surface area contributed by atoms with Gasteiger partial charge in [-0.1, -0.05) is 39.8 Å². The van der Waals surface area contributed by atoms with E-state index in [1.165, 1.54) is 5.56 Å². The van der Waals surface area contributed by atoms with Gasteiger partial charge in [-0.15, -0.1) is 0 Å². The molecule has 0 heterocycles. The first kappa shape index (κ1) is 17.0. The average Bonchev–Trinajstić information content (AvgIpc) is 2.46. The van der Waals surface area contributed by atoms with Crippen LogP contribution in [0.1, 0.15) is 45.7 Å². The normalized spacial score (nSPS) is 14.6. The fraction of sp³-hybridized carbons (Fsp3) is 0.647. The van der Waals surface area contributed by atoms with E-state index in [0.29, 0.717) is 5.92 Å². The molecule has 2 unspecified atom stereocenters. The standard InChI is InChI=1S/C17H30N2O/c1-6-16(18)17(19(7-2)12-13(3)4)14-8-10-15(20-5)11-9-14/h8-11,13,16-17H,6-7,12,18H2,1-5H3. The van der Waals surface area contributed by atoms with Gasteiger partial charge in [0.05, 0.1) is 7.11 Å². The van der Waals surface area contributed by atoms with E-state index in [1.54, 1.807) is 7.11 Å². The van der Waals surface area contributed by atoms with Gasteiger partial charge in [0, 0.05) is 18.6 Å². The van der Waals surface area contributed by atoms with Crippen LogP contribution in [0.4, 0.5) is 0 Å². The van der Waals surface area contributed by atoms with Crippen molar-refractivity contribution in [1.29, 1.82) is 0 Å². The zero-order valence-electron chi connectivity index (χ0n) is 13.6. The van der Waals surface area contributed by atoms with E-state index in [2.05, 4.69) is 44.7 Å². The molecule has 2 atom stereocenters. The monoisotopic (exact) mass is 278 g/mol. The minimum Gasteiger partial charge on any atom is -0.497 e. The molecular weight excluding hydrogens is 248 g/mol. The lowest BCUT2D eigenvalue weighted by molar-refractivity contribution is 0.159. The average molecular weight is 278 g/mol. The topological polar surface area (TPSA) is 38.5 Å². The Balaban J connectivity index is 3.02. The lowest BCUT2D eigenvalue weighted by atomic mass is 9.95. The number of rotatable bonds is 8. The van der Waals surface area contributed by atoms with Crippen molar-refractivity contribution in [2.45, 2.75) is 46.2 Å². The summed E-state index contributed by atoms with van der Waals surface area (Å²) in [5.41, 5.74) is 7.68. The molecule has 0 saturated heterocycles. The molecule has 0 aromatic heterocycles. The highest BCUT2D eigenvalue weighted by Crippen LogP contribution is 2.27. The Kier molecular flexibility index (Phi) is 7.03. The van der Waals surface area contributed by atoms with Crippen LogP contribution in [0.15, 0.2) is 24.3 Å². The van der Waals surface area contributed by atoms with Crippen molar-refractivity contribution in [2.75, 3.05) is 20.2 Å². The van der Waals surface area contributed by atoms with E-state index in [1.807, 2.05) is 12.1 Å². The Morgan fingerprint density at radius 2 is 1.75 bits per heavy atom. The number of likely N-dealkylation sites (N-methyl/N-ethyl adjacent to an activating group) is 1. The van der Waals surface area contributed by atoms with Crippen LogP contribution in [-0.4, -0.2) is 31.1 Å². The fourth-order valence-corrected chi connectivity index (χ4v) is 2.66.